The fourth-order valence-electron chi connectivity index (χ4n) is 4.13. The summed E-state index contributed by atoms with van der Waals surface area (Å²) in [7, 11) is 0. The zero-order valence-corrected chi connectivity index (χ0v) is 21.1. The topological polar surface area (TPSA) is 125 Å². The lowest BCUT2D eigenvalue weighted by Gasteiger charge is -2.22. The van der Waals surface area contributed by atoms with Gasteiger partial charge in [-0.15, -0.1) is 0 Å². The van der Waals surface area contributed by atoms with Gasteiger partial charge in [0.1, 0.15) is 11.5 Å². The number of non-ortho nitro benzene ring substituents is 1. The number of esters is 2. The molecule has 0 fully saturated rings. The highest BCUT2D eigenvalue weighted by molar-refractivity contribution is 6.04. The lowest BCUT2D eigenvalue weighted by Crippen LogP contribution is -2.15. The lowest BCUT2D eigenvalue weighted by atomic mass is 9.84. The molecule has 39 heavy (non-hydrogen) atoms. The van der Waals surface area contributed by atoms with Crippen LogP contribution in [0.5, 0.6) is 11.5 Å². The molecule has 0 radical (unpaired) electrons. The number of amides is 1. The molecule has 4 rings (SSSR count). The Bertz CT molecular complexity index is 1450. The molecule has 0 saturated heterocycles. The number of hydrogen-bond acceptors (Lipinski definition) is 7. The van der Waals surface area contributed by atoms with E-state index in [9.17, 15) is 24.5 Å². The van der Waals surface area contributed by atoms with E-state index in [1.54, 1.807) is 36.4 Å². The minimum Gasteiger partial charge on any atom is -0.427 e. The highest BCUT2D eigenvalue weighted by Gasteiger charge is 2.22. The first-order valence-corrected chi connectivity index (χ1v) is 11.9. The normalized spacial score (nSPS) is 10.5. The third-order valence-corrected chi connectivity index (χ3v) is 5.81. The second kappa shape index (κ2) is 11.8. The molecule has 196 valence electrons. The zero-order valence-electron chi connectivity index (χ0n) is 21.1. The Labute approximate surface area is 224 Å². The number of para-hydroxylation sites is 1. The predicted octanol–water partition coefficient (Wildman–Crippen LogP) is 5.88. The molecular weight excluding hydrogens is 500 g/mol. The van der Waals surface area contributed by atoms with E-state index in [0.717, 1.165) is 16.7 Å². The van der Waals surface area contributed by atoms with Crippen LogP contribution in [0.3, 0.4) is 0 Å². The summed E-state index contributed by atoms with van der Waals surface area (Å²) < 4.78 is 10.4. The van der Waals surface area contributed by atoms with E-state index in [1.807, 2.05) is 36.4 Å². The number of carbonyl (C=O) groups is 3. The number of rotatable bonds is 8. The second-order valence-electron chi connectivity index (χ2n) is 8.60. The molecule has 1 amide bonds. The van der Waals surface area contributed by atoms with E-state index in [1.165, 1.54) is 38.1 Å². The third-order valence-electron chi connectivity index (χ3n) is 5.81. The van der Waals surface area contributed by atoms with Crippen molar-refractivity contribution < 1.29 is 28.8 Å². The average molecular weight is 525 g/mol. The van der Waals surface area contributed by atoms with Crippen LogP contribution in [-0.4, -0.2) is 22.8 Å². The molecule has 0 aliphatic carbocycles. The molecule has 0 heterocycles. The van der Waals surface area contributed by atoms with Gasteiger partial charge in [0, 0.05) is 43.1 Å². The van der Waals surface area contributed by atoms with Crippen LogP contribution in [0.2, 0.25) is 0 Å². The van der Waals surface area contributed by atoms with Crippen LogP contribution < -0.4 is 14.8 Å². The molecule has 9 heteroatoms. The fraction of sp³-hybridized carbons (Fsp3) is 0.100. The number of hydrogen-bond donors (Lipinski definition) is 1. The van der Waals surface area contributed by atoms with Crippen LogP contribution in [0.1, 0.15) is 46.8 Å². The molecule has 0 saturated carbocycles. The monoisotopic (exact) mass is 524 g/mol. The first-order chi connectivity index (χ1) is 18.7. The van der Waals surface area contributed by atoms with Gasteiger partial charge in [0.05, 0.1) is 4.92 Å². The first kappa shape index (κ1) is 26.7. The van der Waals surface area contributed by atoms with Gasteiger partial charge in [0.2, 0.25) is 0 Å². The summed E-state index contributed by atoms with van der Waals surface area (Å²) in [4.78, 5) is 46.2. The fourth-order valence-corrected chi connectivity index (χ4v) is 4.13. The van der Waals surface area contributed by atoms with Crippen molar-refractivity contribution in [2.75, 3.05) is 5.32 Å². The van der Waals surface area contributed by atoms with Crippen LogP contribution in [-0.2, 0) is 9.59 Å². The molecule has 0 spiro atoms. The highest BCUT2D eigenvalue weighted by Crippen LogP contribution is 2.37. The van der Waals surface area contributed by atoms with Crippen molar-refractivity contribution in [2.45, 2.75) is 19.8 Å². The van der Waals surface area contributed by atoms with Crippen LogP contribution >= 0.6 is 0 Å². The average Bonchev–Trinajstić information content (AvgIpc) is 2.91. The molecular formula is C30H24N2O7. The molecule has 4 aromatic rings. The Morgan fingerprint density at radius 3 is 1.67 bits per heavy atom. The van der Waals surface area contributed by atoms with Gasteiger partial charge < -0.3 is 14.8 Å². The summed E-state index contributed by atoms with van der Waals surface area (Å²) >= 11 is 0. The van der Waals surface area contributed by atoms with Gasteiger partial charge in [-0.3, -0.25) is 24.5 Å². The van der Waals surface area contributed by atoms with E-state index < -0.39 is 22.8 Å². The second-order valence-corrected chi connectivity index (χ2v) is 8.60. The molecule has 0 atom stereocenters. The van der Waals surface area contributed by atoms with E-state index in [2.05, 4.69) is 5.32 Å². The van der Waals surface area contributed by atoms with E-state index in [-0.39, 0.29) is 17.2 Å². The Kier molecular flexibility index (Phi) is 8.11. The summed E-state index contributed by atoms with van der Waals surface area (Å²) in [5, 5.41) is 13.9. The third kappa shape index (κ3) is 6.72. The smallest absolute Gasteiger partial charge is 0.308 e. The van der Waals surface area contributed by atoms with Crippen molar-refractivity contribution in [1.29, 1.82) is 0 Å². The van der Waals surface area contributed by atoms with Gasteiger partial charge in [-0.1, -0.05) is 42.5 Å². The summed E-state index contributed by atoms with van der Waals surface area (Å²) in [6.07, 6.45) is 0. The van der Waals surface area contributed by atoms with Crippen LogP contribution in [0, 0.1) is 10.1 Å². The van der Waals surface area contributed by atoms with Crippen LogP contribution in [0.15, 0.2) is 97.1 Å². The molecule has 9 nitrogen and oxygen atoms in total. The molecule has 0 aliphatic heterocycles. The Morgan fingerprint density at radius 1 is 0.718 bits per heavy atom. The summed E-state index contributed by atoms with van der Waals surface area (Å²) in [5.41, 5.74) is 3.17. The largest absolute Gasteiger partial charge is 0.427 e. The van der Waals surface area contributed by atoms with Crippen LogP contribution in [0.4, 0.5) is 11.4 Å². The van der Waals surface area contributed by atoms with Gasteiger partial charge in [0.15, 0.2) is 0 Å². The van der Waals surface area contributed by atoms with Crippen molar-refractivity contribution >= 4 is 29.2 Å². The number of benzene rings is 4. The number of carbonyl (C=O) groups excluding carboxylic acids is 3. The Hall–Kier alpha value is -5.31. The van der Waals surface area contributed by atoms with E-state index in [0.29, 0.717) is 17.2 Å². The number of nitrogens with one attached hydrogen (secondary N) is 1. The van der Waals surface area contributed by atoms with Gasteiger partial charge in [-0.2, -0.15) is 0 Å². The first-order valence-electron chi connectivity index (χ1n) is 11.9. The maximum Gasteiger partial charge on any atom is 0.308 e. The quantitative estimate of drug-likeness (QED) is 0.100. The predicted molar refractivity (Wildman–Crippen MR) is 144 cm³/mol. The maximum atomic E-state index is 13.1. The van der Waals surface area contributed by atoms with Crippen molar-refractivity contribution in [3.63, 3.8) is 0 Å². The van der Waals surface area contributed by atoms with Crippen LogP contribution in [0.25, 0.3) is 0 Å². The highest BCUT2D eigenvalue weighted by atomic mass is 16.6. The Balaban J connectivity index is 1.73. The molecule has 0 unspecified atom stereocenters. The molecule has 0 aromatic heterocycles. The standard InChI is InChI=1S/C30H24N2O7/c1-19(33)38-25-15-9-21(10-16-25)29(22-11-17-26(18-12-22)39-20(2)34)27-5-3-4-6-28(27)31-30(35)23-7-13-24(14-8-23)32(36)37/h3-18,29H,1-2H3,(H,31,35). The summed E-state index contributed by atoms with van der Waals surface area (Å²) in [6, 6.07) is 26.7. The van der Waals surface area contributed by atoms with Crippen molar-refractivity contribution in [3.05, 3.63) is 129 Å². The number of nitro groups is 1. The van der Waals surface area contributed by atoms with Gasteiger partial charge in [-0.25, -0.2) is 0 Å². The van der Waals surface area contributed by atoms with E-state index in [4.69, 9.17) is 9.47 Å². The van der Waals surface area contributed by atoms with Crippen molar-refractivity contribution in [1.82, 2.24) is 0 Å². The summed E-state index contributed by atoms with van der Waals surface area (Å²) in [5.74, 6) is -0.855. The van der Waals surface area contributed by atoms with Crippen molar-refractivity contribution in [2.24, 2.45) is 0 Å². The van der Waals surface area contributed by atoms with Gasteiger partial charge in [-0.05, 0) is 59.2 Å². The minimum absolute atomic E-state index is 0.110. The number of nitrogens with zero attached hydrogens (tertiary/aromatic N) is 1. The van der Waals surface area contributed by atoms with Crippen molar-refractivity contribution in [3.8, 4) is 11.5 Å². The minimum atomic E-state index is -0.527. The molecule has 4 aromatic carbocycles. The SMILES string of the molecule is CC(=O)Oc1ccc(C(c2ccc(OC(C)=O)cc2)c2ccccc2NC(=O)c2ccc([N+](=O)[O-])cc2)cc1. The lowest BCUT2D eigenvalue weighted by molar-refractivity contribution is -0.384. The number of anilines is 1. The zero-order chi connectivity index (χ0) is 27.9. The number of nitro benzene ring substituents is 1. The maximum absolute atomic E-state index is 13.1. The molecule has 1 N–H and O–H groups in total. The molecule has 0 aliphatic rings. The number of ether oxygens (including phenoxy) is 2. The summed E-state index contributed by atoms with van der Waals surface area (Å²) in [6.45, 7) is 2.65. The van der Waals surface area contributed by atoms with Gasteiger partial charge in [0.25, 0.3) is 11.6 Å². The Morgan fingerprint density at radius 2 is 1.21 bits per heavy atom. The van der Waals surface area contributed by atoms with E-state index >= 15 is 0 Å². The van der Waals surface area contributed by atoms with Gasteiger partial charge >= 0.3 is 11.9 Å². The molecule has 0 bridgehead atoms.